The van der Waals surface area contributed by atoms with Crippen LogP contribution in [0.5, 0.6) is 5.75 Å². The number of methoxy groups -OCH3 is 1. The van der Waals surface area contributed by atoms with Crippen LogP contribution in [0.1, 0.15) is 18.7 Å². The summed E-state index contributed by atoms with van der Waals surface area (Å²) in [6, 6.07) is 7.24. The number of amides is 1. The minimum absolute atomic E-state index is 0.116. The van der Waals surface area contributed by atoms with Crippen LogP contribution < -0.4 is 4.74 Å². The van der Waals surface area contributed by atoms with Gasteiger partial charge in [-0.2, -0.15) is 0 Å². The molecule has 1 aliphatic carbocycles. The maximum atomic E-state index is 14.5. The lowest BCUT2D eigenvalue weighted by atomic mass is 10.1. The molecule has 0 bridgehead atoms. The van der Waals surface area contributed by atoms with Gasteiger partial charge in [0.25, 0.3) is 5.91 Å². The first-order valence-corrected chi connectivity index (χ1v) is 6.86. The molecule has 2 saturated heterocycles. The number of carbonyl (C=O) groups is 1. The fourth-order valence-corrected chi connectivity index (χ4v) is 3.78. The monoisotopic (exact) mass is 277 g/mol. The molecule has 3 aliphatic rings. The molecule has 3 fully saturated rings. The number of rotatable bonds is 2. The number of nitrogens with zero attached hydrogens (tertiary/aromatic N) is 1. The summed E-state index contributed by atoms with van der Waals surface area (Å²) in [4.78, 5) is 13.9. The molecule has 1 saturated carbocycles. The lowest BCUT2D eigenvalue weighted by molar-refractivity contribution is -0.142. The van der Waals surface area contributed by atoms with Crippen molar-refractivity contribution in [2.24, 2.45) is 11.8 Å². The van der Waals surface area contributed by atoms with E-state index in [4.69, 9.17) is 9.47 Å². The maximum Gasteiger partial charge on any atom is 0.263 e. The van der Waals surface area contributed by atoms with Gasteiger partial charge in [0.2, 0.25) is 0 Å². The van der Waals surface area contributed by atoms with Crippen molar-refractivity contribution in [3.63, 3.8) is 0 Å². The van der Waals surface area contributed by atoms with E-state index in [0.29, 0.717) is 6.61 Å². The summed E-state index contributed by atoms with van der Waals surface area (Å²) < 4.78 is 25.4. The topological polar surface area (TPSA) is 38.8 Å². The van der Waals surface area contributed by atoms with E-state index in [1.807, 2.05) is 24.3 Å². The Labute approximate surface area is 116 Å². The van der Waals surface area contributed by atoms with Gasteiger partial charge in [0.05, 0.1) is 19.8 Å². The van der Waals surface area contributed by atoms with Gasteiger partial charge >= 0.3 is 0 Å². The largest absolute Gasteiger partial charge is 0.497 e. The lowest BCUT2D eigenvalue weighted by Gasteiger charge is -2.25. The molecule has 4 rings (SSSR count). The highest BCUT2D eigenvalue weighted by Gasteiger charge is 2.80. The minimum atomic E-state index is -1.64. The van der Waals surface area contributed by atoms with Gasteiger partial charge in [-0.25, -0.2) is 4.39 Å². The van der Waals surface area contributed by atoms with Gasteiger partial charge in [-0.3, -0.25) is 4.79 Å². The van der Waals surface area contributed by atoms with Crippen molar-refractivity contribution in [1.82, 2.24) is 4.90 Å². The third-order valence-electron chi connectivity index (χ3n) is 4.99. The van der Waals surface area contributed by atoms with Crippen molar-refractivity contribution in [2.75, 3.05) is 13.7 Å². The number of hydrogen-bond acceptors (Lipinski definition) is 3. The highest BCUT2D eigenvalue weighted by molar-refractivity contribution is 5.93. The molecule has 4 nitrogen and oxygen atoms in total. The van der Waals surface area contributed by atoms with E-state index in [1.54, 1.807) is 18.9 Å². The fourth-order valence-electron chi connectivity index (χ4n) is 3.78. The SMILES string of the molecule is COc1ccc([C@H]2OC[C@@H]3[C@H]4[C@H](C)[C@@]4(F)C(=O)N23)cc1. The third kappa shape index (κ3) is 1.26. The fraction of sp³-hybridized carbons (Fsp3) is 0.533. The van der Waals surface area contributed by atoms with Crippen LogP contribution in [0, 0.1) is 11.8 Å². The second kappa shape index (κ2) is 3.73. The van der Waals surface area contributed by atoms with Crippen LogP contribution in [0.25, 0.3) is 0 Å². The highest BCUT2D eigenvalue weighted by atomic mass is 19.1. The number of piperidine rings is 1. The van der Waals surface area contributed by atoms with Crippen LogP contribution in [-0.2, 0) is 9.53 Å². The molecular formula is C15H16FNO3. The standard InChI is InChI=1S/C15H16FNO3/c1-8-12-11-7-20-13(17(11)14(18)15(8,12)16)9-3-5-10(19-2)6-4-9/h3-6,8,11-13H,7H2,1-2H3/t8-,11+,12+,13+,15-/m0/s1. The van der Waals surface area contributed by atoms with Gasteiger partial charge in [-0.05, 0) is 12.1 Å². The highest BCUT2D eigenvalue weighted by Crippen LogP contribution is 2.65. The van der Waals surface area contributed by atoms with Crippen molar-refractivity contribution >= 4 is 5.91 Å². The molecule has 106 valence electrons. The molecule has 0 unspecified atom stereocenters. The molecule has 1 aromatic carbocycles. The van der Waals surface area contributed by atoms with E-state index in [9.17, 15) is 9.18 Å². The number of fused-ring (bicyclic) bond motifs is 3. The molecule has 20 heavy (non-hydrogen) atoms. The second-order valence-corrected chi connectivity index (χ2v) is 5.82. The van der Waals surface area contributed by atoms with Crippen molar-refractivity contribution in [3.05, 3.63) is 29.8 Å². The van der Waals surface area contributed by atoms with Crippen LogP contribution in [0.15, 0.2) is 24.3 Å². The van der Waals surface area contributed by atoms with E-state index >= 15 is 0 Å². The molecule has 5 heteroatoms. The number of ether oxygens (including phenoxy) is 2. The third-order valence-corrected chi connectivity index (χ3v) is 4.99. The van der Waals surface area contributed by atoms with E-state index in [-0.39, 0.29) is 17.9 Å². The van der Waals surface area contributed by atoms with Gasteiger partial charge in [0.15, 0.2) is 11.9 Å². The summed E-state index contributed by atoms with van der Waals surface area (Å²) in [6.07, 6.45) is -0.467. The van der Waals surface area contributed by atoms with E-state index in [1.165, 1.54) is 0 Å². The van der Waals surface area contributed by atoms with Crippen molar-refractivity contribution < 1.29 is 18.7 Å². The molecular weight excluding hydrogens is 261 g/mol. The first-order chi connectivity index (χ1) is 9.59. The van der Waals surface area contributed by atoms with Gasteiger partial charge in [0, 0.05) is 17.4 Å². The zero-order valence-corrected chi connectivity index (χ0v) is 11.4. The Morgan fingerprint density at radius 2 is 2.10 bits per heavy atom. The van der Waals surface area contributed by atoms with Gasteiger partial charge in [0.1, 0.15) is 5.75 Å². The summed E-state index contributed by atoms with van der Waals surface area (Å²) in [7, 11) is 1.60. The zero-order chi connectivity index (χ0) is 14.1. The normalized spacial score (nSPS) is 41.5. The minimum Gasteiger partial charge on any atom is -0.497 e. The number of alkyl halides is 1. The average molecular weight is 277 g/mol. The Bertz CT molecular complexity index is 575. The zero-order valence-electron chi connectivity index (χ0n) is 11.4. The molecule has 5 atom stereocenters. The van der Waals surface area contributed by atoms with Gasteiger partial charge < -0.3 is 14.4 Å². The molecule has 2 aliphatic heterocycles. The Morgan fingerprint density at radius 3 is 2.75 bits per heavy atom. The number of benzene rings is 1. The Morgan fingerprint density at radius 1 is 1.40 bits per heavy atom. The smallest absolute Gasteiger partial charge is 0.263 e. The average Bonchev–Trinajstić information content (AvgIpc) is 2.80. The van der Waals surface area contributed by atoms with E-state index in [2.05, 4.69) is 0 Å². The number of hydrogen-bond donors (Lipinski definition) is 0. The second-order valence-electron chi connectivity index (χ2n) is 5.82. The first-order valence-electron chi connectivity index (χ1n) is 6.86. The summed E-state index contributed by atoms with van der Waals surface area (Å²) in [5.74, 6) is -0.0273. The number of halogens is 1. The molecule has 0 aromatic heterocycles. The van der Waals surface area contributed by atoms with Crippen LogP contribution in [0.3, 0.4) is 0 Å². The Hall–Kier alpha value is -1.62. The van der Waals surface area contributed by atoms with E-state index in [0.717, 1.165) is 11.3 Å². The molecule has 0 N–H and O–H groups in total. The van der Waals surface area contributed by atoms with Crippen LogP contribution in [0.2, 0.25) is 0 Å². The van der Waals surface area contributed by atoms with Crippen molar-refractivity contribution in [2.45, 2.75) is 24.9 Å². The summed E-state index contributed by atoms with van der Waals surface area (Å²) in [6.45, 7) is 2.23. The molecule has 2 heterocycles. The molecule has 1 amide bonds. The quantitative estimate of drug-likeness (QED) is 0.829. The van der Waals surface area contributed by atoms with Crippen LogP contribution in [0.4, 0.5) is 4.39 Å². The lowest BCUT2D eigenvalue weighted by Crippen LogP contribution is -2.38. The predicted octanol–water partition coefficient (Wildman–Crippen LogP) is 1.91. The van der Waals surface area contributed by atoms with Crippen molar-refractivity contribution in [3.8, 4) is 5.75 Å². The molecule has 0 radical (unpaired) electrons. The van der Waals surface area contributed by atoms with Crippen LogP contribution >= 0.6 is 0 Å². The van der Waals surface area contributed by atoms with Gasteiger partial charge in [-0.1, -0.05) is 19.1 Å². The Kier molecular flexibility index (Phi) is 2.26. The van der Waals surface area contributed by atoms with Crippen LogP contribution in [-0.4, -0.2) is 36.2 Å². The van der Waals surface area contributed by atoms with E-state index < -0.39 is 17.8 Å². The number of carbonyl (C=O) groups excluding carboxylic acids is 1. The molecule has 0 spiro atoms. The maximum absolute atomic E-state index is 14.5. The summed E-state index contributed by atoms with van der Waals surface area (Å²) in [5, 5.41) is 0. The summed E-state index contributed by atoms with van der Waals surface area (Å²) >= 11 is 0. The Balaban J connectivity index is 1.64. The predicted molar refractivity (Wildman–Crippen MR) is 68.8 cm³/mol. The summed E-state index contributed by atoms with van der Waals surface area (Å²) in [5.41, 5.74) is -0.779. The van der Waals surface area contributed by atoms with Crippen molar-refractivity contribution in [1.29, 1.82) is 0 Å². The first kappa shape index (κ1) is 12.1. The molecule has 1 aromatic rings. The van der Waals surface area contributed by atoms with Gasteiger partial charge in [-0.15, -0.1) is 0 Å².